The molecule has 3 heterocycles. The number of nitrogens with one attached hydrogen (secondary N) is 1. The topological polar surface area (TPSA) is 62.1 Å². The molecule has 3 aromatic carbocycles. The zero-order valence-electron chi connectivity index (χ0n) is 25.6. The zero-order valence-corrected chi connectivity index (χ0v) is 26.4. The van der Waals surface area contributed by atoms with E-state index in [4.69, 9.17) is 15.0 Å². The summed E-state index contributed by atoms with van der Waals surface area (Å²) in [4.78, 5) is 19.9. The number of hydrogen-bond acceptors (Lipinski definition) is 6. The van der Waals surface area contributed by atoms with E-state index in [1.807, 2.05) is 43.3 Å². The Bertz CT molecular complexity index is 1650. The van der Waals surface area contributed by atoms with Crippen LogP contribution in [0, 0.1) is 20.8 Å². The maximum absolute atomic E-state index is 5.09. The van der Waals surface area contributed by atoms with Crippen molar-refractivity contribution in [1.82, 2.24) is 24.4 Å². The monoisotopic (exact) mass is 595 g/mol. The maximum atomic E-state index is 5.09. The fourth-order valence-corrected chi connectivity index (χ4v) is 6.06. The SMILES string of the molecule is Cc1nc(NCCCCN2CCN(c3cccc(C)c3C)C[C@H]2C)c2nc(-c3ccccc3)n(-c3ccccc3)c2n1.Cl. The molecule has 0 aliphatic carbocycles. The molecule has 1 N–H and O–H groups in total. The van der Waals surface area contributed by atoms with Gasteiger partial charge in [-0.3, -0.25) is 9.47 Å². The fourth-order valence-electron chi connectivity index (χ4n) is 6.06. The number of benzene rings is 3. The summed E-state index contributed by atoms with van der Waals surface area (Å²) in [7, 11) is 0. The van der Waals surface area contributed by atoms with Crippen LogP contribution in [0.5, 0.6) is 0 Å². The van der Waals surface area contributed by atoms with E-state index in [1.54, 1.807) is 0 Å². The number of aromatic nitrogens is 4. The first-order valence-electron chi connectivity index (χ1n) is 15.2. The highest BCUT2D eigenvalue weighted by Gasteiger charge is 2.24. The smallest absolute Gasteiger partial charge is 0.170 e. The summed E-state index contributed by atoms with van der Waals surface area (Å²) < 4.78 is 2.14. The second-order valence-corrected chi connectivity index (χ2v) is 11.4. The van der Waals surface area contributed by atoms with Gasteiger partial charge in [-0.25, -0.2) is 15.0 Å². The first-order valence-corrected chi connectivity index (χ1v) is 15.2. The minimum atomic E-state index is 0. The van der Waals surface area contributed by atoms with Crippen molar-refractivity contribution in [2.45, 2.75) is 46.6 Å². The molecule has 1 fully saturated rings. The van der Waals surface area contributed by atoms with Crippen LogP contribution in [0.4, 0.5) is 11.5 Å². The van der Waals surface area contributed by atoms with Gasteiger partial charge in [-0.15, -0.1) is 12.4 Å². The molecule has 2 aromatic heterocycles. The van der Waals surface area contributed by atoms with E-state index in [2.05, 4.69) is 82.9 Å². The summed E-state index contributed by atoms with van der Waals surface area (Å²) in [6.07, 6.45) is 2.21. The Kier molecular flexibility index (Phi) is 9.63. The Morgan fingerprint density at radius 1 is 0.814 bits per heavy atom. The second-order valence-electron chi connectivity index (χ2n) is 11.4. The van der Waals surface area contributed by atoms with Gasteiger partial charge >= 0.3 is 0 Å². The molecule has 1 saturated heterocycles. The fraction of sp³-hybridized carbons (Fsp3) is 0.343. The molecule has 43 heavy (non-hydrogen) atoms. The summed E-state index contributed by atoms with van der Waals surface area (Å²) in [6, 6.07) is 27.8. The average Bonchev–Trinajstić information content (AvgIpc) is 3.39. The van der Waals surface area contributed by atoms with Gasteiger partial charge < -0.3 is 10.2 Å². The number of unbranched alkanes of at least 4 members (excludes halogenated alkanes) is 1. The predicted molar refractivity (Wildman–Crippen MR) is 181 cm³/mol. The number of imidazole rings is 1. The molecule has 0 radical (unpaired) electrons. The summed E-state index contributed by atoms with van der Waals surface area (Å²) in [5.74, 6) is 2.41. The summed E-state index contributed by atoms with van der Waals surface area (Å²) >= 11 is 0. The van der Waals surface area contributed by atoms with Crippen molar-refractivity contribution in [2.24, 2.45) is 0 Å². The third-order valence-corrected chi connectivity index (χ3v) is 8.51. The Hall–Kier alpha value is -3.94. The van der Waals surface area contributed by atoms with Gasteiger partial charge in [0.05, 0.1) is 0 Å². The second kappa shape index (κ2) is 13.6. The molecule has 0 unspecified atom stereocenters. The molecule has 6 rings (SSSR count). The lowest BCUT2D eigenvalue weighted by Crippen LogP contribution is -2.52. The van der Waals surface area contributed by atoms with Gasteiger partial charge in [0.2, 0.25) is 0 Å². The molecule has 0 bridgehead atoms. The molecule has 0 saturated carbocycles. The molecular formula is C35H42ClN7. The normalized spacial score (nSPS) is 15.4. The lowest BCUT2D eigenvalue weighted by atomic mass is 10.1. The summed E-state index contributed by atoms with van der Waals surface area (Å²) in [6.45, 7) is 14.0. The summed E-state index contributed by atoms with van der Waals surface area (Å²) in [5.41, 5.74) is 7.88. The zero-order chi connectivity index (χ0) is 29.1. The van der Waals surface area contributed by atoms with Gasteiger partial charge in [-0.1, -0.05) is 60.7 Å². The minimum absolute atomic E-state index is 0. The Morgan fingerprint density at radius 2 is 1.56 bits per heavy atom. The van der Waals surface area contributed by atoms with Crippen molar-refractivity contribution in [3.8, 4) is 17.1 Å². The van der Waals surface area contributed by atoms with E-state index in [0.717, 1.165) is 85.4 Å². The molecule has 1 atom stereocenters. The van der Waals surface area contributed by atoms with Crippen molar-refractivity contribution in [3.05, 3.63) is 95.8 Å². The number of nitrogens with zero attached hydrogens (tertiary/aromatic N) is 6. The minimum Gasteiger partial charge on any atom is -0.368 e. The number of anilines is 2. The van der Waals surface area contributed by atoms with Crippen LogP contribution in [0.3, 0.4) is 0 Å². The van der Waals surface area contributed by atoms with E-state index >= 15 is 0 Å². The van der Waals surface area contributed by atoms with Gasteiger partial charge in [0.1, 0.15) is 11.6 Å². The summed E-state index contributed by atoms with van der Waals surface area (Å²) in [5, 5.41) is 3.61. The van der Waals surface area contributed by atoms with E-state index in [9.17, 15) is 0 Å². The Morgan fingerprint density at radius 3 is 2.30 bits per heavy atom. The van der Waals surface area contributed by atoms with Crippen molar-refractivity contribution in [1.29, 1.82) is 0 Å². The lowest BCUT2D eigenvalue weighted by Gasteiger charge is -2.41. The van der Waals surface area contributed by atoms with Crippen LogP contribution < -0.4 is 10.2 Å². The molecule has 0 amide bonds. The number of halogens is 1. The van der Waals surface area contributed by atoms with Crippen LogP contribution in [0.15, 0.2) is 78.9 Å². The average molecular weight is 596 g/mol. The molecule has 7 nitrogen and oxygen atoms in total. The highest BCUT2D eigenvalue weighted by molar-refractivity contribution is 5.88. The quantitative estimate of drug-likeness (QED) is 0.181. The standard InChI is InChI=1S/C35H41N7.ClH/c1-25-14-13-19-31(27(25)3)41-23-22-40(26(2)24-41)21-12-11-20-36-33-32-35(38-28(4)37-33)42(30-17-9-6-10-18-30)34(39-32)29-15-7-5-8-16-29;/h5-10,13-19,26H,11-12,20-24H2,1-4H3,(H,36,37,38);1H/t26-;/m1./s1. The van der Waals surface area contributed by atoms with Crippen LogP contribution in [-0.2, 0) is 0 Å². The van der Waals surface area contributed by atoms with E-state index in [0.29, 0.717) is 6.04 Å². The Balaban J connectivity index is 0.00000368. The number of hydrogen-bond donors (Lipinski definition) is 1. The first-order chi connectivity index (χ1) is 20.5. The number of aryl methyl sites for hydroxylation is 2. The van der Waals surface area contributed by atoms with Gasteiger partial charge in [-0.05, 0) is 76.4 Å². The van der Waals surface area contributed by atoms with E-state index < -0.39 is 0 Å². The van der Waals surface area contributed by atoms with Crippen molar-refractivity contribution >= 4 is 35.1 Å². The van der Waals surface area contributed by atoms with Gasteiger partial charge in [0.15, 0.2) is 17.0 Å². The van der Waals surface area contributed by atoms with Gasteiger partial charge in [-0.2, -0.15) is 0 Å². The Labute approximate surface area is 261 Å². The maximum Gasteiger partial charge on any atom is 0.170 e. The largest absolute Gasteiger partial charge is 0.368 e. The third kappa shape index (κ3) is 6.53. The number of fused-ring (bicyclic) bond motifs is 1. The van der Waals surface area contributed by atoms with Crippen molar-refractivity contribution in [3.63, 3.8) is 0 Å². The van der Waals surface area contributed by atoms with Crippen LogP contribution in [0.25, 0.3) is 28.2 Å². The molecule has 1 aliphatic heterocycles. The van der Waals surface area contributed by atoms with Crippen LogP contribution in [0.1, 0.15) is 36.7 Å². The predicted octanol–water partition coefficient (Wildman–Crippen LogP) is 7.23. The van der Waals surface area contributed by atoms with Gasteiger partial charge in [0, 0.05) is 49.2 Å². The molecule has 0 spiro atoms. The molecule has 224 valence electrons. The first kappa shape index (κ1) is 30.5. The number of para-hydroxylation sites is 1. The van der Waals surface area contributed by atoms with Crippen LogP contribution >= 0.6 is 12.4 Å². The highest BCUT2D eigenvalue weighted by Crippen LogP contribution is 2.31. The molecular weight excluding hydrogens is 554 g/mol. The number of rotatable bonds is 9. The van der Waals surface area contributed by atoms with Crippen molar-refractivity contribution in [2.75, 3.05) is 42.9 Å². The third-order valence-electron chi connectivity index (χ3n) is 8.51. The molecule has 5 aromatic rings. The highest BCUT2D eigenvalue weighted by atomic mass is 35.5. The molecule has 8 heteroatoms. The number of piperazine rings is 1. The van der Waals surface area contributed by atoms with Gasteiger partial charge in [0.25, 0.3) is 0 Å². The van der Waals surface area contributed by atoms with E-state index in [-0.39, 0.29) is 12.4 Å². The lowest BCUT2D eigenvalue weighted by molar-refractivity contribution is 0.186. The van der Waals surface area contributed by atoms with Crippen LogP contribution in [0.2, 0.25) is 0 Å². The van der Waals surface area contributed by atoms with Crippen LogP contribution in [-0.4, -0.2) is 63.2 Å². The van der Waals surface area contributed by atoms with E-state index in [1.165, 1.54) is 16.8 Å². The van der Waals surface area contributed by atoms with Crippen molar-refractivity contribution < 1.29 is 0 Å². The molecule has 1 aliphatic rings.